The fourth-order valence-corrected chi connectivity index (χ4v) is 3.20. The monoisotopic (exact) mass is 248 g/mol. The van der Waals surface area contributed by atoms with E-state index in [0.717, 1.165) is 24.9 Å². The summed E-state index contributed by atoms with van der Waals surface area (Å²) in [5.74, 6) is 4.56. The van der Waals surface area contributed by atoms with Crippen LogP contribution in [0.5, 0.6) is 0 Å². The minimum atomic E-state index is 0.374. The van der Waals surface area contributed by atoms with Crippen molar-refractivity contribution >= 4 is 0 Å². The Morgan fingerprint density at radius 3 is 2.67 bits per heavy atom. The molecule has 1 aliphatic carbocycles. The highest BCUT2D eigenvalue weighted by molar-refractivity contribution is 4.93. The summed E-state index contributed by atoms with van der Waals surface area (Å²) in [7, 11) is 0. The van der Waals surface area contributed by atoms with Crippen LogP contribution in [0.1, 0.15) is 39.5 Å². The highest BCUT2D eigenvalue weighted by Gasteiger charge is 2.33. The van der Waals surface area contributed by atoms with E-state index in [1.165, 1.54) is 45.3 Å². The summed E-state index contributed by atoms with van der Waals surface area (Å²) < 4.78 is 0. The Labute approximate surface area is 113 Å². The van der Waals surface area contributed by atoms with E-state index in [1.54, 1.807) is 0 Å². The molecule has 2 heteroatoms. The number of hydrogen-bond acceptors (Lipinski definition) is 2. The number of piperidine rings is 1. The van der Waals surface area contributed by atoms with Crippen LogP contribution in [0, 0.1) is 29.6 Å². The maximum absolute atomic E-state index is 5.52. The zero-order chi connectivity index (χ0) is 13.0. The lowest BCUT2D eigenvalue weighted by atomic mass is 9.74. The normalized spacial score (nSPS) is 25.1. The minimum Gasteiger partial charge on any atom is -0.316 e. The van der Waals surface area contributed by atoms with Gasteiger partial charge in [0.15, 0.2) is 0 Å². The van der Waals surface area contributed by atoms with E-state index in [1.807, 2.05) is 0 Å². The van der Waals surface area contributed by atoms with Crippen molar-refractivity contribution in [3.8, 4) is 12.3 Å². The molecule has 0 spiro atoms. The summed E-state index contributed by atoms with van der Waals surface area (Å²) in [5.41, 5.74) is 0.374. The Balaban J connectivity index is 1.88. The van der Waals surface area contributed by atoms with Crippen molar-refractivity contribution < 1.29 is 0 Å². The lowest BCUT2D eigenvalue weighted by Gasteiger charge is -2.40. The van der Waals surface area contributed by atoms with Gasteiger partial charge in [-0.3, -0.25) is 4.90 Å². The second-order valence-corrected chi connectivity index (χ2v) is 6.85. The Morgan fingerprint density at radius 1 is 1.33 bits per heavy atom. The van der Waals surface area contributed by atoms with E-state index in [-0.39, 0.29) is 0 Å². The number of nitrogens with one attached hydrogen (secondary N) is 1. The van der Waals surface area contributed by atoms with Crippen molar-refractivity contribution in [3.05, 3.63) is 0 Å². The average molecular weight is 248 g/mol. The molecule has 0 amide bonds. The summed E-state index contributed by atoms with van der Waals surface area (Å²) in [5, 5.41) is 3.54. The van der Waals surface area contributed by atoms with E-state index in [0.29, 0.717) is 5.41 Å². The van der Waals surface area contributed by atoms with Gasteiger partial charge in [0.25, 0.3) is 0 Å². The topological polar surface area (TPSA) is 15.3 Å². The van der Waals surface area contributed by atoms with Crippen LogP contribution in [0.3, 0.4) is 0 Å². The van der Waals surface area contributed by atoms with Crippen molar-refractivity contribution in [2.45, 2.75) is 39.5 Å². The molecule has 2 nitrogen and oxygen atoms in total. The van der Waals surface area contributed by atoms with E-state index in [9.17, 15) is 0 Å². The van der Waals surface area contributed by atoms with Gasteiger partial charge in [-0.05, 0) is 56.0 Å². The van der Waals surface area contributed by atoms with Crippen LogP contribution in [0.15, 0.2) is 0 Å². The molecule has 1 unspecified atom stereocenters. The zero-order valence-electron chi connectivity index (χ0n) is 12.0. The van der Waals surface area contributed by atoms with Crippen molar-refractivity contribution in [2.24, 2.45) is 17.3 Å². The van der Waals surface area contributed by atoms with Crippen LogP contribution in [-0.4, -0.2) is 37.6 Å². The van der Waals surface area contributed by atoms with Gasteiger partial charge in [0.2, 0.25) is 0 Å². The molecular formula is C16H28N2. The van der Waals surface area contributed by atoms with Gasteiger partial charge >= 0.3 is 0 Å². The van der Waals surface area contributed by atoms with Crippen LogP contribution in [0.25, 0.3) is 0 Å². The molecule has 1 N–H and O–H groups in total. The maximum Gasteiger partial charge on any atom is 0.0599 e. The Hall–Kier alpha value is -0.520. The molecule has 18 heavy (non-hydrogen) atoms. The van der Waals surface area contributed by atoms with Gasteiger partial charge in [0.1, 0.15) is 0 Å². The third-order valence-corrected chi connectivity index (χ3v) is 4.56. The van der Waals surface area contributed by atoms with Crippen LogP contribution in [0.4, 0.5) is 0 Å². The largest absolute Gasteiger partial charge is 0.316 e. The van der Waals surface area contributed by atoms with E-state index in [4.69, 9.17) is 6.42 Å². The van der Waals surface area contributed by atoms with Gasteiger partial charge in [0, 0.05) is 13.1 Å². The quantitative estimate of drug-likeness (QED) is 0.726. The van der Waals surface area contributed by atoms with Gasteiger partial charge in [0.05, 0.1) is 6.54 Å². The van der Waals surface area contributed by atoms with Crippen LogP contribution in [-0.2, 0) is 0 Å². The number of nitrogens with zero attached hydrogens (tertiary/aromatic N) is 1. The summed E-state index contributed by atoms with van der Waals surface area (Å²) in [4.78, 5) is 2.51. The summed E-state index contributed by atoms with van der Waals surface area (Å²) in [6.45, 7) is 10.4. The fraction of sp³-hybridized carbons (Fsp3) is 0.875. The summed E-state index contributed by atoms with van der Waals surface area (Å²) in [6, 6.07) is 0. The molecule has 1 saturated carbocycles. The third-order valence-electron chi connectivity index (χ3n) is 4.56. The van der Waals surface area contributed by atoms with Gasteiger partial charge in [-0.25, -0.2) is 0 Å². The molecule has 2 rings (SSSR count). The zero-order valence-corrected chi connectivity index (χ0v) is 12.0. The van der Waals surface area contributed by atoms with Crippen molar-refractivity contribution in [1.82, 2.24) is 10.2 Å². The molecule has 1 heterocycles. The SMILES string of the molecule is C#CCN(CC1CC1)CC(C)(C)C1CCCNC1. The summed E-state index contributed by atoms with van der Waals surface area (Å²) in [6.07, 6.45) is 11.0. The number of rotatable bonds is 6. The first-order valence-corrected chi connectivity index (χ1v) is 7.48. The minimum absolute atomic E-state index is 0.374. The highest BCUT2D eigenvalue weighted by atomic mass is 15.1. The smallest absolute Gasteiger partial charge is 0.0599 e. The molecule has 0 aromatic heterocycles. The van der Waals surface area contributed by atoms with Crippen molar-refractivity contribution in [1.29, 1.82) is 0 Å². The fourth-order valence-electron chi connectivity index (χ4n) is 3.20. The first-order chi connectivity index (χ1) is 8.62. The molecule has 1 aliphatic heterocycles. The molecule has 0 aromatic carbocycles. The molecule has 1 saturated heterocycles. The number of terminal acetylenes is 1. The second-order valence-electron chi connectivity index (χ2n) is 6.85. The van der Waals surface area contributed by atoms with E-state index < -0.39 is 0 Å². The third kappa shape index (κ3) is 4.00. The van der Waals surface area contributed by atoms with E-state index in [2.05, 4.69) is 30.0 Å². The highest BCUT2D eigenvalue weighted by Crippen LogP contribution is 2.35. The maximum atomic E-state index is 5.52. The standard InChI is InChI=1S/C16H28N2/c1-4-10-18(12-14-7-8-14)13-16(2,3)15-6-5-9-17-11-15/h1,14-15,17H,5-13H2,2-3H3. The Morgan fingerprint density at radius 2 is 2.11 bits per heavy atom. The molecule has 0 bridgehead atoms. The van der Waals surface area contributed by atoms with E-state index >= 15 is 0 Å². The predicted molar refractivity (Wildman–Crippen MR) is 77.4 cm³/mol. The van der Waals surface area contributed by atoms with Crippen LogP contribution < -0.4 is 5.32 Å². The predicted octanol–water partition coefficient (Wildman–Crippen LogP) is 2.36. The van der Waals surface area contributed by atoms with Crippen LogP contribution in [0.2, 0.25) is 0 Å². The van der Waals surface area contributed by atoms with Gasteiger partial charge in [-0.1, -0.05) is 19.8 Å². The van der Waals surface area contributed by atoms with Crippen molar-refractivity contribution in [3.63, 3.8) is 0 Å². The molecule has 2 fully saturated rings. The average Bonchev–Trinajstić information content (AvgIpc) is 3.14. The van der Waals surface area contributed by atoms with Crippen molar-refractivity contribution in [2.75, 3.05) is 32.7 Å². The second kappa shape index (κ2) is 6.08. The van der Waals surface area contributed by atoms with Gasteiger partial charge in [-0.15, -0.1) is 6.42 Å². The molecule has 102 valence electrons. The van der Waals surface area contributed by atoms with Gasteiger partial charge in [-0.2, -0.15) is 0 Å². The Kier molecular flexibility index (Phi) is 4.70. The first kappa shape index (κ1) is 13.9. The number of hydrogen-bond donors (Lipinski definition) is 1. The molecule has 1 atom stereocenters. The molecular weight excluding hydrogens is 220 g/mol. The van der Waals surface area contributed by atoms with Gasteiger partial charge < -0.3 is 5.32 Å². The molecule has 2 aliphatic rings. The molecule has 0 radical (unpaired) electrons. The van der Waals surface area contributed by atoms with Crippen LogP contribution >= 0.6 is 0 Å². The lowest BCUT2D eigenvalue weighted by Crippen LogP contribution is -2.45. The molecule has 0 aromatic rings. The first-order valence-electron chi connectivity index (χ1n) is 7.48. The lowest BCUT2D eigenvalue weighted by molar-refractivity contribution is 0.105. The summed E-state index contributed by atoms with van der Waals surface area (Å²) >= 11 is 0. The Bertz CT molecular complexity index is 293.